The summed E-state index contributed by atoms with van der Waals surface area (Å²) in [5.74, 6) is 0.834. The van der Waals surface area contributed by atoms with E-state index in [1.54, 1.807) is 7.11 Å². The maximum atomic E-state index is 5.50. The Kier molecular flexibility index (Phi) is 6.53. The van der Waals surface area contributed by atoms with Crippen LogP contribution in [0.3, 0.4) is 0 Å². The molecule has 0 radical (unpaired) electrons. The predicted molar refractivity (Wildman–Crippen MR) is 156 cm³/mol. The number of ether oxygens (including phenoxy) is 1. The molecule has 0 saturated heterocycles. The highest BCUT2D eigenvalue weighted by Gasteiger charge is 2.30. The van der Waals surface area contributed by atoms with Crippen molar-refractivity contribution in [2.75, 3.05) is 7.11 Å². The first-order valence-electron chi connectivity index (χ1n) is 12.8. The normalized spacial score (nSPS) is 10.8. The Labute approximate surface area is 224 Å². The third-order valence-corrected chi connectivity index (χ3v) is 6.85. The summed E-state index contributed by atoms with van der Waals surface area (Å²) in [6, 6.07) is 53.4. The highest BCUT2D eigenvalue weighted by atomic mass is 16.5. The van der Waals surface area contributed by atoms with Gasteiger partial charge in [0.25, 0.3) is 0 Å². The van der Waals surface area contributed by atoms with E-state index in [0.29, 0.717) is 0 Å². The number of aromatic nitrogens is 1. The molecule has 5 aromatic carbocycles. The molecule has 6 rings (SSSR count). The van der Waals surface area contributed by atoms with Gasteiger partial charge in [-0.25, -0.2) is 0 Å². The molecule has 0 aliphatic heterocycles. The zero-order chi connectivity index (χ0) is 25.7. The van der Waals surface area contributed by atoms with Gasteiger partial charge in [-0.2, -0.15) is 4.57 Å². The van der Waals surface area contributed by atoms with Gasteiger partial charge in [-0.15, -0.1) is 0 Å². The molecule has 2 heteroatoms. The fraction of sp³-hybridized carbons (Fsp3) is 0.0278. The molecule has 0 aliphatic rings. The van der Waals surface area contributed by atoms with E-state index in [0.717, 1.165) is 34.0 Å². The van der Waals surface area contributed by atoms with Crippen LogP contribution in [0.15, 0.2) is 152 Å². The smallest absolute Gasteiger partial charge is 0.227 e. The number of pyridine rings is 1. The molecular weight excluding hydrogens is 462 g/mol. The van der Waals surface area contributed by atoms with Crippen molar-refractivity contribution < 1.29 is 9.30 Å². The Hall–Kier alpha value is -4.95. The predicted octanol–water partition coefficient (Wildman–Crippen LogP) is 8.64. The van der Waals surface area contributed by atoms with Crippen molar-refractivity contribution in [2.45, 2.75) is 0 Å². The summed E-state index contributed by atoms with van der Waals surface area (Å²) < 4.78 is 7.88. The maximum Gasteiger partial charge on any atom is 0.227 e. The van der Waals surface area contributed by atoms with E-state index in [1.165, 1.54) is 22.3 Å². The first-order chi connectivity index (χ1) is 18.8. The Morgan fingerprint density at radius 2 is 0.947 bits per heavy atom. The highest BCUT2D eigenvalue weighted by Crippen LogP contribution is 2.41. The molecule has 182 valence electrons. The van der Waals surface area contributed by atoms with Gasteiger partial charge < -0.3 is 4.74 Å². The summed E-state index contributed by atoms with van der Waals surface area (Å²) in [6.07, 6.45) is 0. The molecule has 0 saturated carbocycles. The third-order valence-electron chi connectivity index (χ3n) is 6.85. The van der Waals surface area contributed by atoms with Crippen LogP contribution in [0.2, 0.25) is 0 Å². The zero-order valence-electron chi connectivity index (χ0n) is 21.3. The first kappa shape index (κ1) is 23.4. The molecule has 0 amide bonds. The van der Waals surface area contributed by atoms with E-state index in [1.807, 2.05) is 12.1 Å². The lowest BCUT2D eigenvalue weighted by atomic mass is 9.88. The van der Waals surface area contributed by atoms with Crippen molar-refractivity contribution >= 4 is 0 Å². The Bertz CT molecular complexity index is 1640. The minimum absolute atomic E-state index is 0.834. The van der Waals surface area contributed by atoms with Crippen LogP contribution in [0, 0.1) is 0 Å². The molecule has 6 aromatic rings. The average molecular weight is 491 g/mol. The fourth-order valence-electron chi connectivity index (χ4n) is 5.07. The van der Waals surface area contributed by atoms with Crippen molar-refractivity contribution in [1.82, 2.24) is 0 Å². The lowest BCUT2D eigenvalue weighted by Crippen LogP contribution is -2.37. The van der Waals surface area contributed by atoms with Gasteiger partial charge in [-0.3, -0.25) is 0 Å². The molecule has 1 aromatic heterocycles. The van der Waals surface area contributed by atoms with Crippen LogP contribution < -0.4 is 9.30 Å². The molecular formula is C36H28NO+. The van der Waals surface area contributed by atoms with Crippen LogP contribution in [-0.2, 0) is 0 Å². The molecule has 0 bridgehead atoms. The molecule has 0 N–H and O–H groups in total. The largest absolute Gasteiger partial charge is 0.497 e. The second kappa shape index (κ2) is 10.6. The number of hydrogen-bond acceptors (Lipinski definition) is 1. The SMILES string of the molecule is COc1ccc(-[n+]2c(-c3ccccc3)cc(-c3ccccc3)c(-c3ccccc3)c2-c2ccccc2)cc1. The standard InChI is InChI=1S/C36H28NO/c1-38-32-24-22-31(23-25-32)37-34(28-16-8-3-9-17-28)26-33(27-14-6-2-7-15-27)35(29-18-10-4-11-19-29)36(37)30-20-12-5-13-21-30/h2-26H,1H3/q+1. The number of rotatable bonds is 6. The summed E-state index contributed by atoms with van der Waals surface area (Å²) in [4.78, 5) is 0. The second-order valence-electron chi connectivity index (χ2n) is 9.16. The quantitative estimate of drug-likeness (QED) is 0.213. The third kappa shape index (κ3) is 4.49. The van der Waals surface area contributed by atoms with Gasteiger partial charge in [0.15, 0.2) is 0 Å². The monoisotopic (exact) mass is 490 g/mol. The number of methoxy groups -OCH3 is 1. The Morgan fingerprint density at radius 3 is 1.47 bits per heavy atom. The van der Waals surface area contributed by atoms with Gasteiger partial charge in [0, 0.05) is 34.9 Å². The highest BCUT2D eigenvalue weighted by molar-refractivity contribution is 5.93. The van der Waals surface area contributed by atoms with E-state index in [4.69, 9.17) is 4.74 Å². The summed E-state index contributed by atoms with van der Waals surface area (Å²) in [5, 5.41) is 0. The second-order valence-corrected chi connectivity index (χ2v) is 9.16. The van der Waals surface area contributed by atoms with Crippen molar-refractivity contribution in [2.24, 2.45) is 0 Å². The van der Waals surface area contributed by atoms with Crippen molar-refractivity contribution in [1.29, 1.82) is 0 Å². The topological polar surface area (TPSA) is 13.1 Å². The first-order valence-corrected chi connectivity index (χ1v) is 12.8. The minimum atomic E-state index is 0.834. The zero-order valence-corrected chi connectivity index (χ0v) is 21.3. The summed E-state index contributed by atoms with van der Waals surface area (Å²) in [5.41, 5.74) is 10.4. The van der Waals surface area contributed by atoms with Crippen molar-refractivity contribution in [3.8, 4) is 56.2 Å². The maximum absolute atomic E-state index is 5.50. The Balaban J connectivity index is 1.82. The van der Waals surface area contributed by atoms with Gasteiger partial charge in [-0.05, 0) is 47.5 Å². The van der Waals surface area contributed by atoms with E-state index >= 15 is 0 Å². The van der Waals surface area contributed by atoms with Crippen LogP contribution in [0.4, 0.5) is 0 Å². The van der Waals surface area contributed by atoms with E-state index < -0.39 is 0 Å². The van der Waals surface area contributed by atoms with Crippen molar-refractivity contribution in [3.05, 3.63) is 152 Å². The van der Waals surface area contributed by atoms with Crippen LogP contribution in [0.1, 0.15) is 0 Å². The lowest BCUT2D eigenvalue weighted by molar-refractivity contribution is -0.571. The molecule has 0 aliphatic carbocycles. The van der Waals surface area contributed by atoms with Crippen LogP contribution in [-0.4, -0.2) is 7.11 Å². The molecule has 0 unspecified atom stereocenters. The molecule has 1 heterocycles. The van der Waals surface area contributed by atoms with Crippen molar-refractivity contribution in [3.63, 3.8) is 0 Å². The van der Waals surface area contributed by atoms with Crippen LogP contribution in [0.5, 0.6) is 5.75 Å². The minimum Gasteiger partial charge on any atom is -0.497 e. The van der Waals surface area contributed by atoms with Crippen LogP contribution >= 0.6 is 0 Å². The van der Waals surface area contributed by atoms with Crippen LogP contribution in [0.25, 0.3) is 50.5 Å². The van der Waals surface area contributed by atoms with Gasteiger partial charge in [0.2, 0.25) is 17.1 Å². The van der Waals surface area contributed by atoms with Gasteiger partial charge in [0.1, 0.15) is 5.75 Å². The molecule has 2 nitrogen and oxygen atoms in total. The summed E-state index contributed by atoms with van der Waals surface area (Å²) in [6.45, 7) is 0. The number of hydrogen-bond donors (Lipinski definition) is 0. The lowest BCUT2D eigenvalue weighted by Gasteiger charge is -2.18. The molecule has 0 atom stereocenters. The van der Waals surface area contributed by atoms with Gasteiger partial charge >= 0.3 is 0 Å². The number of benzene rings is 5. The van der Waals surface area contributed by atoms with E-state index in [9.17, 15) is 0 Å². The molecule has 0 fully saturated rings. The van der Waals surface area contributed by atoms with Gasteiger partial charge in [0.05, 0.1) is 12.7 Å². The fourth-order valence-corrected chi connectivity index (χ4v) is 5.07. The van der Waals surface area contributed by atoms with E-state index in [2.05, 4.69) is 144 Å². The summed E-state index contributed by atoms with van der Waals surface area (Å²) in [7, 11) is 1.70. The summed E-state index contributed by atoms with van der Waals surface area (Å²) >= 11 is 0. The molecule has 0 spiro atoms. The van der Waals surface area contributed by atoms with Gasteiger partial charge in [-0.1, -0.05) is 97.1 Å². The molecule has 38 heavy (non-hydrogen) atoms. The number of nitrogens with zero attached hydrogens (tertiary/aromatic N) is 1. The Morgan fingerprint density at radius 1 is 0.474 bits per heavy atom. The average Bonchev–Trinajstić information content (AvgIpc) is 3.02. The van der Waals surface area contributed by atoms with E-state index in [-0.39, 0.29) is 0 Å².